The fourth-order valence-corrected chi connectivity index (χ4v) is 2.10. The number of hydrogen-bond donors (Lipinski definition) is 2. The maximum Gasteiger partial charge on any atom is 0.358 e. The van der Waals surface area contributed by atoms with Gasteiger partial charge in [0, 0.05) is 5.02 Å². The Labute approximate surface area is 126 Å². The first-order valence-corrected chi connectivity index (χ1v) is 6.61. The van der Waals surface area contributed by atoms with E-state index < -0.39 is 12.1 Å². The number of esters is 1. The lowest BCUT2D eigenvalue weighted by Crippen LogP contribution is -2.13. The molecule has 21 heavy (non-hydrogen) atoms. The second kappa shape index (κ2) is 6.71. The fourth-order valence-electron chi connectivity index (χ4n) is 1.97. The molecule has 7 heteroatoms. The number of imidazole rings is 1. The lowest BCUT2D eigenvalue weighted by Gasteiger charge is -2.14. The van der Waals surface area contributed by atoms with Crippen LogP contribution in [0.15, 0.2) is 30.6 Å². The largest absolute Gasteiger partial charge is 0.464 e. The molecule has 1 aromatic carbocycles. The van der Waals surface area contributed by atoms with Gasteiger partial charge in [0.25, 0.3) is 0 Å². The number of carbonyl (C=O) groups excluding carboxylic acids is 1. The van der Waals surface area contributed by atoms with E-state index in [9.17, 15) is 15.0 Å². The Morgan fingerprint density at radius 2 is 2.10 bits per heavy atom. The van der Waals surface area contributed by atoms with Crippen molar-refractivity contribution in [3.8, 4) is 0 Å². The minimum Gasteiger partial charge on any atom is -0.464 e. The van der Waals surface area contributed by atoms with E-state index in [-0.39, 0.29) is 18.8 Å². The average molecular weight is 311 g/mol. The second-order valence-electron chi connectivity index (χ2n) is 4.41. The summed E-state index contributed by atoms with van der Waals surface area (Å²) >= 11 is 5.80. The van der Waals surface area contributed by atoms with Crippen molar-refractivity contribution >= 4 is 17.6 Å². The first kappa shape index (κ1) is 15.5. The van der Waals surface area contributed by atoms with E-state index in [0.717, 1.165) is 0 Å². The third-order valence-electron chi connectivity index (χ3n) is 3.10. The molecule has 0 radical (unpaired) electrons. The van der Waals surface area contributed by atoms with Gasteiger partial charge in [-0.15, -0.1) is 0 Å². The molecule has 1 aromatic heterocycles. The standard InChI is InChI=1S/C14H15ClN2O4/c1-21-14(20)13-11(7-18)17(8-16-13)6-12(19)9-2-4-10(15)5-3-9/h2-5,8,12,18-19H,6-7H2,1H3/t12-/m0/s1. The van der Waals surface area contributed by atoms with Gasteiger partial charge in [0.05, 0.1) is 38.4 Å². The van der Waals surface area contributed by atoms with Gasteiger partial charge >= 0.3 is 5.97 Å². The number of aliphatic hydroxyl groups is 2. The predicted octanol–water partition coefficient (Wildman–Crippen LogP) is 1.55. The number of rotatable bonds is 5. The van der Waals surface area contributed by atoms with Gasteiger partial charge < -0.3 is 19.5 Å². The van der Waals surface area contributed by atoms with Crippen LogP contribution >= 0.6 is 11.6 Å². The SMILES string of the molecule is COC(=O)c1ncn(C[C@H](O)c2ccc(Cl)cc2)c1CO. The highest BCUT2D eigenvalue weighted by atomic mass is 35.5. The lowest BCUT2D eigenvalue weighted by molar-refractivity contribution is 0.0589. The first-order chi connectivity index (χ1) is 10.1. The van der Waals surface area contributed by atoms with Gasteiger partial charge in [-0.05, 0) is 17.7 Å². The smallest absolute Gasteiger partial charge is 0.358 e. The zero-order valence-electron chi connectivity index (χ0n) is 11.4. The zero-order valence-corrected chi connectivity index (χ0v) is 12.1. The van der Waals surface area contributed by atoms with Crippen LogP contribution in [0.3, 0.4) is 0 Å². The highest BCUT2D eigenvalue weighted by Crippen LogP contribution is 2.20. The molecule has 0 bridgehead atoms. The number of benzene rings is 1. The molecule has 112 valence electrons. The molecule has 1 atom stereocenters. The quantitative estimate of drug-likeness (QED) is 0.819. The van der Waals surface area contributed by atoms with Crippen molar-refractivity contribution in [3.63, 3.8) is 0 Å². The Hall–Kier alpha value is -1.89. The molecule has 2 N–H and O–H groups in total. The Bertz CT molecular complexity index is 624. The zero-order chi connectivity index (χ0) is 15.4. The molecule has 0 aliphatic heterocycles. The van der Waals surface area contributed by atoms with Gasteiger partial charge in [0.15, 0.2) is 5.69 Å². The van der Waals surface area contributed by atoms with Crippen LogP contribution in [-0.4, -0.2) is 32.8 Å². The van der Waals surface area contributed by atoms with Gasteiger partial charge in [0.1, 0.15) is 0 Å². The van der Waals surface area contributed by atoms with Crippen LogP contribution in [0.2, 0.25) is 5.02 Å². The number of carbonyl (C=O) groups is 1. The van der Waals surface area contributed by atoms with Crippen molar-refractivity contribution in [1.29, 1.82) is 0 Å². The van der Waals surface area contributed by atoms with Crippen LogP contribution < -0.4 is 0 Å². The molecular formula is C14H15ClN2O4. The summed E-state index contributed by atoms with van der Waals surface area (Å²) < 4.78 is 6.11. The number of halogens is 1. The average Bonchev–Trinajstić information content (AvgIpc) is 2.89. The number of nitrogens with zero attached hydrogens (tertiary/aromatic N) is 2. The summed E-state index contributed by atoms with van der Waals surface area (Å²) in [5.41, 5.74) is 1.02. The Kier molecular flexibility index (Phi) is 4.95. The van der Waals surface area contributed by atoms with Crippen molar-refractivity contribution in [2.45, 2.75) is 19.3 Å². The van der Waals surface area contributed by atoms with Crippen molar-refractivity contribution in [2.24, 2.45) is 0 Å². The number of ether oxygens (including phenoxy) is 1. The molecule has 0 amide bonds. The van der Waals surface area contributed by atoms with Gasteiger partial charge in [0.2, 0.25) is 0 Å². The highest BCUT2D eigenvalue weighted by Gasteiger charge is 2.19. The van der Waals surface area contributed by atoms with E-state index in [1.165, 1.54) is 18.0 Å². The molecule has 0 saturated heterocycles. The van der Waals surface area contributed by atoms with Gasteiger partial charge in [-0.1, -0.05) is 23.7 Å². The van der Waals surface area contributed by atoms with Gasteiger partial charge in [-0.3, -0.25) is 0 Å². The molecule has 1 heterocycles. The normalized spacial score (nSPS) is 12.2. The van der Waals surface area contributed by atoms with E-state index in [0.29, 0.717) is 16.3 Å². The molecule has 0 saturated carbocycles. The van der Waals surface area contributed by atoms with Crippen molar-refractivity contribution in [3.05, 3.63) is 52.6 Å². The summed E-state index contributed by atoms with van der Waals surface area (Å²) in [7, 11) is 1.24. The molecule has 6 nitrogen and oxygen atoms in total. The van der Waals surface area contributed by atoms with Crippen LogP contribution in [0.5, 0.6) is 0 Å². The number of aromatic nitrogens is 2. The third-order valence-corrected chi connectivity index (χ3v) is 3.35. The van der Waals surface area contributed by atoms with Gasteiger partial charge in [-0.25, -0.2) is 9.78 Å². The molecule has 0 spiro atoms. The third kappa shape index (κ3) is 3.41. The highest BCUT2D eigenvalue weighted by molar-refractivity contribution is 6.30. The summed E-state index contributed by atoms with van der Waals surface area (Å²) in [6.07, 6.45) is 0.573. The summed E-state index contributed by atoms with van der Waals surface area (Å²) in [6.45, 7) is -0.223. The molecule has 0 aliphatic carbocycles. The van der Waals surface area contributed by atoms with Crippen molar-refractivity contribution < 1.29 is 19.7 Å². The number of hydrogen-bond acceptors (Lipinski definition) is 5. The minimum atomic E-state index is -0.813. The van der Waals surface area contributed by atoms with Crippen LogP contribution in [0.4, 0.5) is 0 Å². The summed E-state index contributed by atoms with van der Waals surface area (Å²) in [4.78, 5) is 15.4. The minimum absolute atomic E-state index is 0.0447. The lowest BCUT2D eigenvalue weighted by atomic mass is 10.1. The van der Waals surface area contributed by atoms with E-state index in [1.54, 1.807) is 24.3 Å². The maximum absolute atomic E-state index is 11.5. The molecule has 0 fully saturated rings. The second-order valence-corrected chi connectivity index (χ2v) is 4.85. The summed E-state index contributed by atoms with van der Waals surface area (Å²) in [6, 6.07) is 6.79. The molecule has 0 aliphatic rings. The monoisotopic (exact) mass is 310 g/mol. The Morgan fingerprint density at radius 1 is 1.43 bits per heavy atom. The summed E-state index contributed by atoms with van der Waals surface area (Å²) in [5, 5.41) is 20.2. The number of aliphatic hydroxyl groups excluding tert-OH is 2. The van der Waals surface area contributed by atoms with E-state index in [2.05, 4.69) is 9.72 Å². The van der Waals surface area contributed by atoms with E-state index in [4.69, 9.17) is 11.6 Å². The van der Waals surface area contributed by atoms with E-state index >= 15 is 0 Å². The molecular weight excluding hydrogens is 296 g/mol. The van der Waals surface area contributed by atoms with Crippen LogP contribution in [0.25, 0.3) is 0 Å². The van der Waals surface area contributed by atoms with Crippen molar-refractivity contribution in [2.75, 3.05) is 7.11 Å². The van der Waals surface area contributed by atoms with Crippen molar-refractivity contribution in [1.82, 2.24) is 9.55 Å². The first-order valence-electron chi connectivity index (χ1n) is 6.23. The van der Waals surface area contributed by atoms with Gasteiger partial charge in [-0.2, -0.15) is 0 Å². The number of methoxy groups -OCH3 is 1. The maximum atomic E-state index is 11.5. The van der Waals surface area contributed by atoms with Crippen LogP contribution in [0.1, 0.15) is 27.8 Å². The summed E-state index contributed by atoms with van der Waals surface area (Å²) in [5.74, 6) is -0.626. The van der Waals surface area contributed by atoms with Crippen LogP contribution in [-0.2, 0) is 17.9 Å². The molecule has 2 rings (SSSR count). The molecule has 2 aromatic rings. The predicted molar refractivity (Wildman–Crippen MR) is 75.9 cm³/mol. The fraction of sp³-hybridized carbons (Fsp3) is 0.286. The Balaban J connectivity index is 2.21. The van der Waals surface area contributed by atoms with Crippen LogP contribution in [0, 0.1) is 0 Å². The topological polar surface area (TPSA) is 84.6 Å². The Morgan fingerprint density at radius 3 is 2.67 bits per heavy atom. The van der Waals surface area contributed by atoms with E-state index in [1.807, 2.05) is 0 Å². The molecule has 0 unspecified atom stereocenters.